The van der Waals surface area contributed by atoms with E-state index in [1.807, 2.05) is 4.90 Å². The molecular formula is C14H24N2O4. The highest BCUT2D eigenvalue weighted by atomic mass is 16.5. The van der Waals surface area contributed by atoms with E-state index in [4.69, 9.17) is 9.84 Å². The molecule has 1 saturated heterocycles. The number of ether oxygens (including phenoxy) is 1. The zero-order valence-electron chi connectivity index (χ0n) is 11.8. The predicted molar refractivity (Wildman–Crippen MR) is 73.5 cm³/mol. The van der Waals surface area contributed by atoms with Crippen molar-refractivity contribution >= 4 is 12.0 Å². The van der Waals surface area contributed by atoms with E-state index in [2.05, 4.69) is 5.32 Å². The lowest BCUT2D eigenvalue weighted by atomic mass is 9.78. The smallest absolute Gasteiger partial charge is 0.329 e. The third kappa shape index (κ3) is 4.10. The first kappa shape index (κ1) is 15.1. The van der Waals surface area contributed by atoms with Crippen molar-refractivity contribution in [2.24, 2.45) is 5.92 Å². The van der Waals surface area contributed by atoms with E-state index >= 15 is 0 Å². The molecule has 2 unspecified atom stereocenters. The van der Waals surface area contributed by atoms with Crippen LogP contribution in [0.25, 0.3) is 0 Å². The fourth-order valence-corrected chi connectivity index (χ4v) is 3.37. The number of hydrogen-bond donors (Lipinski definition) is 2. The summed E-state index contributed by atoms with van der Waals surface area (Å²) in [6.07, 6.45) is 7.20. The molecule has 1 saturated carbocycles. The summed E-state index contributed by atoms with van der Waals surface area (Å²) in [5, 5.41) is 11.3. The standard InChI is InChI=1S/C14H24N2O4/c17-13(18)10-20-9-7-15-14(19)16-8-3-5-11-4-1-2-6-12(11)16/h11-12H,1-10H2,(H,15,19)(H,17,18). The number of urea groups is 1. The minimum Gasteiger partial charge on any atom is -0.480 e. The molecule has 2 N–H and O–H groups in total. The van der Waals surface area contributed by atoms with Gasteiger partial charge in [-0.1, -0.05) is 12.8 Å². The molecule has 0 aromatic heterocycles. The number of rotatable bonds is 5. The third-order valence-corrected chi connectivity index (χ3v) is 4.25. The quantitative estimate of drug-likeness (QED) is 0.749. The van der Waals surface area contributed by atoms with E-state index in [-0.39, 0.29) is 19.2 Å². The van der Waals surface area contributed by atoms with Crippen molar-refractivity contribution in [3.8, 4) is 0 Å². The van der Waals surface area contributed by atoms with E-state index in [1.165, 1.54) is 25.7 Å². The maximum Gasteiger partial charge on any atom is 0.329 e. The molecule has 0 radical (unpaired) electrons. The van der Waals surface area contributed by atoms with Crippen molar-refractivity contribution in [3.63, 3.8) is 0 Å². The maximum absolute atomic E-state index is 12.2. The number of fused-ring (bicyclic) bond motifs is 1. The molecule has 1 heterocycles. The van der Waals surface area contributed by atoms with Gasteiger partial charge in [0.05, 0.1) is 6.61 Å². The van der Waals surface area contributed by atoms with Crippen LogP contribution in [0.3, 0.4) is 0 Å². The Bertz CT molecular complexity index is 346. The molecule has 20 heavy (non-hydrogen) atoms. The highest BCUT2D eigenvalue weighted by Gasteiger charge is 2.35. The first-order valence-electron chi connectivity index (χ1n) is 7.52. The van der Waals surface area contributed by atoms with Gasteiger partial charge >= 0.3 is 12.0 Å². The largest absolute Gasteiger partial charge is 0.480 e. The van der Waals surface area contributed by atoms with Gasteiger partial charge in [0.15, 0.2) is 0 Å². The molecule has 2 fully saturated rings. The summed E-state index contributed by atoms with van der Waals surface area (Å²) >= 11 is 0. The third-order valence-electron chi connectivity index (χ3n) is 4.25. The molecule has 2 aliphatic rings. The second kappa shape index (κ2) is 7.47. The van der Waals surface area contributed by atoms with E-state index in [9.17, 15) is 9.59 Å². The summed E-state index contributed by atoms with van der Waals surface area (Å²) in [7, 11) is 0. The zero-order chi connectivity index (χ0) is 14.4. The van der Waals surface area contributed by atoms with Crippen molar-refractivity contribution in [2.75, 3.05) is 26.3 Å². The van der Waals surface area contributed by atoms with E-state index in [0.717, 1.165) is 19.4 Å². The number of nitrogens with one attached hydrogen (secondary N) is 1. The molecule has 6 heteroatoms. The molecule has 2 atom stereocenters. The van der Waals surface area contributed by atoms with Crippen molar-refractivity contribution in [1.82, 2.24) is 10.2 Å². The number of likely N-dealkylation sites (tertiary alicyclic amines) is 1. The number of piperidine rings is 1. The van der Waals surface area contributed by atoms with Crippen LogP contribution in [0.15, 0.2) is 0 Å². The molecule has 1 aliphatic heterocycles. The molecule has 0 spiro atoms. The molecule has 0 bridgehead atoms. The Morgan fingerprint density at radius 1 is 1.20 bits per heavy atom. The lowest BCUT2D eigenvalue weighted by molar-refractivity contribution is -0.142. The zero-order valence-corrected chi connectivity index (χ0v) is 11.8. The first-order valence-corrected chi connectivity index (χ1v) is 7.52. The summed E-state index contributed by atoms with van der Waals surface area (Å²) in [6, 6.07) is 0.373. The van der Waals surface area contributed by atoms with Crippen LogP contribution in [0.1, 0.15) is 38.5 Å². The fraction of sp³-hybridized carbons (Fsp3) is 0.857. The lowest BCUT2D eigenvalue weighted by Gasteiger charge is -2.44. The van der Waals surface area contributed by atoms with Crippen LogP contribution >= 0.6 is 0 Å². The summed E-state index contributed by atoms with van der Waals surface area (Å²) < 4.78 is 4.91. The van der Waals surface area contributed by atoms with Gasteiger partial charge < -0.3 is 20.1 Å². The molecule has 1 aliphatic carbocycles. The summed E-state index contributed by atoms with van der Waals surface area (Å²) in [4.78, 5) is 24.5. The Morgan fingerprint density at radius 3 is 2.75 bits per heavy atom. The van der Waals surface area contributed by atoms with Crippen LogP contribution in [0.4, 0.5) is 4.79 Å². The SMILES string of the molecule is O=C(O)COCCNC(=O)N1CCCC2CCCCC21. The monoisotopic (exact) mass is 284 g/mol. The average Bonchev–Trinajstić information content (AvgIpc) is 2.45. The number of aliphatic carboxylic acids is 1. The van der Waals surface area contributed by atoms with Crippen LogP contribution in [-0.2, 0) is 9.53 Å². The second-order valence-corrected chi connectivity index (χ2v) is 5.63. The number of carbonyl (C=O) groups excluding carboxylic acids is 1. The van der Waals surface area contributed by atoms with Crippen LogP contribution in [0, 0.1) is 5.92 Å². The second-order valence-electron chi connectivity index (χ2n) is 5.63. The first-order chi connectivity index (χ1) is 9.68. The van der Waals surface area contributed by atoms with E-state index in [0.29, 0.717) is 18.5 Å². The topological polar surface area (TPSA) is 78.9 Å². The molecule has 6 nitrogen and oxygen atoms in total. The Labute approximate surface area is 119 Å². The highest BCUT2D eigenvalue weighted by Crippen LogP contribution is 2.35. The number of carboxylic acid groups (broad SMARTS) is 1. The Kier molecular flexibility index (Phi) is 5.64. The molecule has 2 rings (SSSR count). The number of hydrogen-bond acceptors (Lipinski definition) is 3. The van der Waals surface area contributed by atoms with Crippen LogP contribution < -0.4 is 5.32 Å². The number of carboxylic acids is 1. The Balaban J connectivity index is 1.72. The highest BCUT2D eigenvalue weighted by molar-refractivity contribution is 5.74. The number of nitrogens with zero attached hydrogens (tertiary/aromatic N) is 1. The van der Waals surface area contributed by atoms with Gasteiger partial charge in [0.2, 0.25) is 0 Å². The average molecular weight is 284 g/mol. The van der Waals surface area contributed by atoms with Crippen molar-refractivity contribution < 1.29 is 19.4 Å². The lowest BCUT2D eigenvalue weighted by Crippen LogP contribution is -2.53. The normalized spacial score (nSPS) is 25.9. The molecule has 2 amide bonds. The van der Waals surface area contributed by atoms with Gasteiger partial charge in [0, 0.05) is 19.1 Å². The Hall–Kier alpha value is -1.30. The summed E-state index contributed by atoms with van der Waals surface area (Å²) in [5.74, 6) is -0.316. The predicted octanol–water partition coefficient (Wildman–Crippen LogP) is 1.45. The van der Waals surface area contributed by atoms with Crippen molar-refractivity contribution in [1.29, 1.82) is 0 Å². The molecular weight excluding hydrogens is 260 g/mol. The van der Waals surface area contributed by atoms with Crippen LogP contribution in [0.5, 0.6) is 0 Å². The van der Waals surface area contributed by atoms with Gasteiger partial charge in [-0.25, -0.2) is 9.59 Å². The van der Waals surface area contributed by atoms with Gasteiger partial charge in [-0.15, -0.1) is 0 Å². The van der Waals surface area contributed by atoms with Gasteiger partial charge in [0.25, 0.3) is 0 Å². The van der Waals surface area contributed by atoms with Crippen molar-refractivity contribution in [2.45, 2.75) is 44.6 Å². The van der Waals surface area contributed by atoms with Crippen LogP contribution in [-0.4, -0.2) is 54.4 Å². The minimum absolute atomic E-state index is 0.0273. The van der Waals surface area contributed by atoms with Gasteiger partial charge in [-0.2, -0.15) is 0 Å². The Morgan fingerprint density at radius 2 is 1.95 bits per heavy atom. The molecule has 114 valence electrons. The summed E-state index contributed by atoms with van der Waals surface area (Å²) in [6.45, 7) is 1.12. The van der Waals surface area contributed by atoms with Crippen molar-refractivity contribution in [3.05, 3.63) is 0 Å². The number of amides is 2. The van der Waals surface area contributed by atoms with E-state index < -0.39 is 5.97 Å². The summed E-state index contributed by atoms with van der Waals surface area (Å²) in [5.41, 5.74) is 0. The minimum atomic E-state index is -0.989. The van der Waals surface area contributed by atoms with Gasteiger partial charge in [-0.3, -0.25) is 0 Å². The maximum atomic E-state index is 12.2. The van der Waals surface area contributed by atoms with E-state index in [1.54, 1.807) is 0 Å². The van der Waals surface area contributed by atoms with Gasteiger partial charge in [0.1, 0.15) is 6.61 Å². The molecule has 0 aromatic carbocycles. The number of carbonyl (C=O) groups is 2. The fourth-order valence-electron chi connectivity index (χ4n) is 3.37. The van der Waals surface area contributed by atoms with Crippen LogP contribution in [0.2, 0.25) is 0 Å². The molecule has 0 aromatic rings. The van der Waals surface area contributed by atoms with Gasteiger partial charge in [-0.05, 0) is 31.6 Å².